The Hall–Kier alpha value is -2.35. The van der Waals surface area contributed by atoms with Gasteiger partial charge in [0.1, 0.15) is 22.8 Å². The Kier molecular flexibility index (Phi) is 4.44. The Balaban J connectivity index is 1.33. The van der Waals surface area contributed by atoms with E-state index in [2.05, 4.69) is 19.8 Å². The topological polar surface area (TPSA) is 131 Å². The van der Waals surface area contributed by atoms with Crippen molar-refractivity contribution in [2.75, 3.05) is 6.54 Å². The maximum atomic E-state index is 12.3. The van der Waals surface area contributed by atoms with Crippen LogP contribution in [-0.4, -0.2) is 36.2 Å². The minimum absolute atomic E-state index is 0.0111. The van der Waals surface area contributed by atoms with E-state index in [1.165, 1.54) is 12.1 Å². The van der Waals surface area contributed by atoms with Gasteiger partial charge >= 0.3 is 0 Å². The third kappa shape index (κ3) is 3.60. The minimum atomic E-state index is -3.71. The van der Waals surface area contributed by atoms with Crippen LogP contribution < -0.4 is 4.72 Å². The fourth-order valence-corrected chi connectivity index (χ4v) is 3.82. The summed E-state index contributed by atoms with van der Waals surface area (Å²) in [5.41, 5.74) is 0.163. The second-order valence-electron chi connectivity index (χ2n) is 6.43. The molecule has 1 aliphatic carbocycles. The van der Waals surface area contributed by atoms with Crippen LogP contribution in [0.25, 0.3) is 0 Å². The van der Waals surface area contributed by atoms with Crippen LogP contribution in [0, 0.1) is 11.3 Å². The van der Waals surface area contributed by atoms with Crippen molar-refractivity contribution in [3.63, 3.8) is 0 Å². The SMILES string of the molecule is N#Cc1ccc(S(=O)(=O)NC[C@H]2CC[C@@H](c3nc(C4CC4)no3)O2)cn1. The predicted octanol–water partition coefficient (Wildman–Crippen LogP) is 1.41. The maximum absolute atomic E-state index is 12.3. The van der Waals surface area contributed by atoms with E-state index in [1.807, 2.05) is 6.07 Å². The summed E-state index contributed by atoms with van der Waals surface area (Å²) in [5, 5.41) is 12.7. The van der Waals surface area contributed by atoms with Gasteiger partial charge in [-0.1, -0.05) is 5.16 Å². The molecule has 1 saturated carbocycles. The molecule has 9 nitrogen and oxygen atoms in total. The first-order valence-electron chi connectivity index (χ1n) is 8.40. The van der Waals surface area contributed by atoms with Gasteiger partial charge in [-0.3, -0.25) is 0 Å². The van der Waals surface area contributed by atoms with Crippen molar-refractivity contribution in [1.82, 2.24) is 19.8 Å². The largest absolute Gasteiger partial charge is 0.364 e. The number of rotatable bonds is 6. The monoisotopic (exact) mass is 375 g/mol. The van der Waals surface area contributed by atoms with Crippen LogP contribution in [0.1, 0.15) is 55.1 Å². The zero-order valence-electron chi connectivity index (χ0n) is 13.8. The highest BCUT2D eigenvalue weighted by Gasteiger charge is 2.34. The number of sulfonamides is 1. The second kappa shape index (κ2) is 6.75. The third-order valence-corrected chi connectivity index (χ3v) is 5.85. The Morgan fingerprint density at radius 2 is 2.12 bits per heavy atom. The maximum Gasteiger partial charge on any atom is 0.255 e. The molecule has 2 fully saturated rings. The summed E-state index contributed by atoms with van der Waals surface area (Å²) in [6, 6.07) is 4.57. The van der Waals surface area contributed by atoms with Gasteiger partial charge in [0, 0.05) is 18.7 Å². The lowest BCUT2D eigenvalue weighted by Gasteiger charge is -2.12. The second-order valence-corrected chi connectivity index (χ2v) is 8.20. The Morgan fingerprint density at radius 1 is 1.27 bits per heavy atom. The van der Waals surface area contributed by atoms with E-state index in [9.17, 15) is 8.42 Å². The molecule has 4 rings (SSSR count). The molecule has 2 aliphatic rings. The molecule has 2 aromatic rings. The van der Waals surface area contributed by atoms with E-state index in [-0.39, 0.29) is 29.3 Å². The van der Waals surface area contributed by atoms with E-state index in [0.717, 1.165) is 24.9 Å². The summed E-state index contributed by atoms with van der Waals surface area (Å²) in [7, 11) is -3.71. The zero-order chi connectivity index (χ0) is 18.1. The molecule has 0 unspecified atom stereocenters. The molecule has 0 spiro atoms. The lowest BCUT2D eigenvalue weighted by Crippen LogP contribution is -2.32. The first-order chi connectivity index (χ1) is 12.5. The first-order valence-corrected chi connectivity index (χ1v) is 9.88. The van der Waals surface area contributed by atoms with E-state index >= 15 is 0 Å². The normalized spacial score (nSPS) is 23.0. The van der Waals surface area contributed by atoms with E-state index < -0.39 is 10.0 Å². The Labute approximate surface area is 150 Å². The first kappa shape index (κ1) is 17.1. The van der Waals surface area contributed by atoms with Gasteiger partial charge in [-0.15, -0.1) is 0 Å². The van der Waals surface area contributed by atoms with Crippen molar-refractivity contribution < 1.29 is 17.7 Å². The van der Waals surface area contributed by atoms with Crippen molar-refractivity contribution in [3.05, 3.63) is 35.7 Å². The van der Waals surface area contributed by atoms with Crippen LogP contribution in [0.3, 0.4) is 0 Å². The predicted molar refractivity (Wildman–Crippen MR) is 87.3 cm³/mol. The molecule has 0 amide bonds. The minimum Gasteiger partial charge on any atom is -0.364 e. The van der Waals surface area contributed by atoms with Crippen LogP contribution in [-0.2, 0) is 14.8 Å². The van der Waals surface area contributed by atoms with Crippen LogP contribution >= 0.6 is 0 Å². The Morgan fingerprint density at radius 3 is 2.81 bits per heavy atom. The summed E-state index contributed by atoms with van der Waals surface area (Å²) in [5.74, 6) is 1.62. The average Bonchev–Trinajstić information content (AvgIpc) is 3.20. The summed E-state index contributed by atoms with van der Waals surface area (Å²) in [6.07, 6.45) is 4.20. The molecule has 1 saturated heterocycles. The van der Waals surface area contributed by atoms with Crippen LogP contribution in [0.5, 0.6) is 0 Å². The molecule has 26 heavy (non-hydrogen) atoms. The standard InChI is InChI=1S/C16H17N5O4S/c17-7-11-3-5-13(9-18-11)26(22,23)19-8-12-4-6-14(24-12)16-20-15(21-25-16)10-1-2-10/h3,5,9-10,12,14,19H,1-2,4,6,8H2/t12-,14+/m1/s1. The fourth-order valence-electron chi connectivity index (χ4n) is 2.81. The number of pyridine rings is 1. The zero-order valence-corrected chi connectivity index (χ0v) is 14.6. The molecule has 2 aromatic heterocycles. The number of nitrogens with zero attached hydrogens (tertiary/aromatic N) is 4. The van der Waals surface area contributed by atoms with E-state index in [1.54, 1.807) is 0 Å². The van der Waals surface area contributed by atoms with Crippen LogP contribution in [0.15, 0.2) is 27.7 Å². The van der Waals surface area contributed by atoms with Crippen molar-refractivity contribution in [2.45, 2.75) is 48.7 Å². The highest BCUT2D eigenvalue weighted by atomic mass is 32.2. The molecule has 1 aliphatic heterocycles. The van der Waals surface area contributed by atoms with Crippen molar-refractivity contribution in [1.29, 1.82) is 5.26 Å². The molecule has 2 atom stereocenters. The highest BCUT2D eigenvalue weighted by molar-refractivity contribution is 7.89. The van der Waals surface area contributed by atoms with Gasteiger partial charge in [0.2, 0.25) is 10.0 Å². The Bertz CT molecular complexity index is 930. The lowest BCUT2D eigenvalue weighted by molar-refractivity contribution is 0.0290. The molecule has 10 heteroatoms. The van der Waals surface area contributed by atoms with Crippen molar-refractivity contribution in [2.24, 2.45) is 0 Å². The number of hydrogen-bond donors (Lipinski definition) is 1. The van der Waals surface area contributed by atoms with E-state index in [4.69, 9.17) is 14.5 Å². The smallest absolute Gasteiger partial charge is 0.255 e. The number of hydrogen-bond acceptors (Lipinski definition) is 8. The van der Waals surface area contributed by atoms with Crippen LogP contribution in [0.4, 0.5) is 0 Å². The summed E-state index contributed by atoms with van der Waals surface area (Å²) >= 11 is 0. The lowest BCUT2D eigenvalue weighted by atomic mass is 10.2. The van der Waals surface area contributed by atoms with E-state index in [0.29, 0.717) is 24.7 Å². The molecule has 136 valence electrons. The van der Waals surface area contributed by atoms with Gasteiger partial charge in [-0.2, -0.15) is 10.2 Å². The molecule has 1 N–H and O–H groups in total. The van der Waals surface area contributed by atoms with Crippen LogP contribution in [0.2, 0.25) is 0 Å². The summed E-state index contributed by atoms with van der Waals surface area (Å²) in [6.45, 7) is 0.141. The quantitative estimate of drug-likeness (QED) is 0.802. The van der Waals surface area contributed by atoms with Gasteiger partial charge < -0.3 is 9.26 Å². The van der Waals surface area contributed by atoms with Gasteiger partial charge in [-0.05, 0) is 37.8 Å². The molecule has 0 bridgehead atoms. The van der Waals surface area contributed by atoms with Crippen molar-refractivity contribution in [3.8, 4) is 6.07 Å². The molecule has 3 heterocycles. The molecular formula is C16H17N5O4S. The third-order valence-electron chi connectivity index (χ3n) is 4.45. The summed E-state index contributed by atoms with van der Waals surface area (Å²) in [4.78, 5) is 8.17. The fraction of sp³-hybridized carbons (Fsp3) is 0.500. The number of aromatic nitrogens is 3. The number of ether oxygens (including phenoxy) is 1. The summed E-state index contributed by atoms with van der Waals surface area (Å²) < 4.78 is 38.2. The van der Waals surface area contributed by atoms with Gasteiger partial charge in [0.05, 0.1) is 6.10 Å². The average molecular weight is 375 g/mol. The van der Waals surface area contributed by atoms with Gasteiger partial charge in [0.15, 0.2) is 5.82 Å². The molecular weight excluding hydrogens is 358 g/mol. The molecule has 0 aromatic carbocycles. The number of nitriles is 1. The van der Waals surface area contributed by atoms with Gasteiger partial charge in [0.25, 0.3) is 5.89 Å². The number of nitrogens with one attached hydrogen (secondary N) is 1. The highest BCUT2D eigenvalue weighted by Crippen LogP contribution is 2.39. The van der Waals surface area contributed by atoms with Gasteiger partial charge in [-0.25, -0.2) is 18.1 Å². The molecule has 0 radical (unpaired) electrons. The van der Waals surface area contributed by atoms with Crippen molar-refractivity contribution >= 4 is 10.0 Å².